The van der Waals surface area contributed by atoms with Crippen LogP contribution in [0.2, 0.25) is 20.1 Å². The number of rotatable bonds is 9. The number of allylic oxidation sites excluding steroid dienone is 1. The number of nitrogens with one attached hydrogen (secondary N) is 1. The van der Waals surface area contributed by atoms with E-state index in [4.69, 9.17) is 46.4 Å². The molecule has 0 aliphatic carbocycles. The van der Waals surface area contributed by atoms with E-state index in [-0.39, 0.29) is 43.2 Å². The van der Waals surface area contributed by atoms with Crippen LogP contribution in [0.15, 0.2) is 36.4 Å². The van der Waals surface area contributed by atoms with Crippen molar-refractivity contribution in [3.63, 3.8) is 0 Å². The Labute approximate surface area is 228 Å². The average Bonchev–Trinajstić information content (AvgIpc) is 2.74. The summed E-state index contributed by atoms with van der Waals surface area (Å²) >= 11 is 23.7. The Morgan fingerprint density at radius 2 is 1.54 bits per heavy atom. The Morgan fingerprint density at radius 1 is 0.946 bits per heavy atom. The first-order chi connectivity index (χ1) is 17.0. The van der Waals surface area contributed by atoms with Gasteiger partial charge in [-0.2, -0.15) is 26.3 Å². The minimum Gasteiger partial charge on any atom is -0.349 e. The van der Waals surface area contributed by atoms with Crippen molar-refractivity contribution in [3.05, 3.63) is 73.2 Å². The van der Waals surface area contributed by atoms with Crippen molar-refractivity contribution >= 4 is 64.2 Å². The summed E-state index contributed by atoms with van der Waals surface area (Å²) in [6.07, 6.45) is -9.37. The molecule has 0 saturated heterocycles. The maximum atomic E-state index is 13.7. The van der Waals surface area contributed by atoms with Gasteiger partial charge in [0.2, 0.25) is 0 Å². The first-order valence-corrected chi connectivity index (χ1v) is 12.1. The quantitative estimate of drug-likeness (QED) is 0.228. The molecule has 0 spiro atoms. The number of ketones is 1. The summed E-state index contributed by atoms with van der Waals surface area (Å²) in [5, 5.41) is 2.03. The summed E-state index contributed by atoms with van der Waals surface area (Å²) in [7, 11) is 0. The number of benzene rings is 2. The molecular formula is C24H19Cl4F6NO2. The molecule has 13 heteroatoms. The van der Waals surface area contributed by atoms with Crippen LogP contribution in [0, 0.1) is 0 Å². The molecule has 37 heavy (non-hydrogen) atoms. The Balaban J connectivity index is 2.13. The molecule has 3 nitrogen and oxygen atoms in total. The van der Waals surface area contributed by atoms with Gasteiger partial charge >= 0.3 is 12.4 Å². The predicted octanol–water partition coefficient (Wildman–Crippen LogP) is 9.08. The van der Waals surface area contributed by atoms with Crippen LogP contribution in [0.4, 0.5) is 26.3 Å². The summed E-state index contributed by atoms with van der Waals surface area (Å²) < 4.78 is 77.9. The van der Waals surface area contributed by atoms with Gasteiger partial charge in [0.05, 0.1) is 38.0 Å². The van der Waals surface area contributed by atoms with E-state index in [2.05, 4.69) is 5.32 Å². The topological polar surface area (TPSA) is 46.2 Å². The standard InChI is InChI=1S/C24H19Cl4F6NO2/c1-12(8-15(36)6-7-23(29,30)31)35-22(37)16-4-2-13(9-18(16)25)3-5-17(24(32,33)34)14-10-19(26)21(28)20(27)11-14/h2-5,9-12,17H,6-8H2,1H3,(H,35,37)/b5-3+/t12-,17?/m1/s1. The number of amides is 1. The molecule has 0 aliphatic rings. The lowest BCUT2D eigenvalue weighted by Crippen LogP contribution is -2.34. The molecule has 1 unspecified atom stereocenters. The van der Waals surface area contributed by atoms with E-state index in [9.17, 15) is 35.9 Å². The average molecular weight is 609 g/mol. The molecule has 0 aromatic heterocycles. The van der Waals surface area contributed by atoms with Crippen molar-refractivity contribution in [1.29, 1.82) is 0 Å². The summed E-state index contributed by atoms with van der Waals surface area (Å²) in [5.41, 5.74) is -0.0154. The molecule has 2 aromatic carbocycles. The Bertz CT molecular complexity index is 1160. The number of hydrogen-bond donors (Lipinski definition) is 1. The maximum absolute atomic E-state index is 13.7. The van der Waals surface area contributed by atoms with Crippen LogP contribution >= 0.6 is 46.4 Å². The van der Waals surface area contributed by atoms with Crippen molar-refractivity contribution in [2.45, 2.75) is 50.5 Å². The van der Waals surface area contributed by atoms with E-state index in [0.29, 0.717) is 0 Å². The van der Waals surface area contributed by atoms with Gasteiger partial charge < -0.3 is 5.32 Å². The molecule has 2 atom stereocenters. The van der Waals surface area contributed by atoms with Gasteiger partial charge in [-0.25, -0.2) is 0 Å². The monoisotopic (exact) mass is 607 g/mol. The molecular weight excluding hydrogens is 590 g/mol. The Kier molecular flexibility index (Phi) is 10.8. The highest BCUT2D eigenvalue weighted by Gasteiger charge is 2.39. The zero-order valence-electron chi connectivity index (χ0n) is 18.9. The lowest BCUT2D eigenvalue weighted by atomic mass is 9.97. The number of alkyl halides is 6. The fourth-order valence-electron chi connectivity index (χ4n) is 3.27. The fourth-order valence-corrected chi connectivity index (χ4v) is 4.16. The number of hydrogen-bond acceptors (Lipinski definition) is 2. The number of carbonyl (C=O) groups excluding carboxylic acids is 2. The van der Waals surface area contributed by atoms with Gasteiger partial charge in [-0.3, -0.25) is 9.59 Å². The van der Waals surface area contributed by atoms with Crippen LogP contribution in [0.5, 0.6) is 0 Å². The second-order valence-corrected chi connectivity index (χ2v) is 9.75. The minimum atomic E-state index is -4.69. The van der Waals surface area contributed by atoms with Crippen molar-refractivity contribution in [3.8, 4) is 0 Å². The van der Waals surface area contributed by atoms with Gasteiger partial charge in [-0.15, -0.1) is 0 Å². The van der Waals surface area contributed by atoms with Crippen LogP contribution in [0.3, 0.4) is 0 Å². The zero-order chi connectivity index (χ0) is 28.1. The predicted molar refractivity (Wildman–Crippen MR) is 133 cm³/mol. The third-order valence-electron chi connectivity index (χ3n) is 5.04. The van der Waals surface area contributed by atoms with Crippen molar-refractivity contribution in [2.75, 3.05) is 0 Å². The van der Waals surface area contributed by atoms with Crippen LogP contribution in [0.25, 0.3) is 6.08 Å². The highest BCUT2D eigenvalue weighted by molar-refractivity contribution is 6.48. The first-order valence-electron chi connectivity index (χ1n) is 10.6. The smallest absolute Gasteiger partial charge is 0.349 e. The summed E-state index contributed by atoms with van der Waals surface area (Å²) in [6, 6.07) is 5.25. The highest BCUT2D eigenvalue weighted by atomic mass is 35.5. The lowest BCUT2D eigenvalue weighted by Gasteiger charge is -2.18. The van der Waals surface area contributed by atoms with Crippen molar-refractivity contribution in [2.24, 2.45) is 0 Å². The van der Waals surface area contributed by atoms with E-state index in [0.717, 1.165) is 24.3 Å². The van der Waals surface area contributed by atoms with E-state index < -0.39 is 48.8 Å². The normalized spacial score (nSPS) is 14.0. The van der Waals surface area contributed by atoms with Crippen LogP contribution in [0.1, 0.15) is 53.6 Å². The van der Waals surface area contributed by atoms with E-state index in [1.807, 2.05) is 0 Å². The molecule has 202 valence electrons. The van der Waals surface area contributed by atoms with Crippen molar-refractivity contribution in [1.82, 2.24) is 5.32 Å². The van der Waals surface area contributed by atoms with Crippen LogP contribution in [-0.4, -0.2) is 30.1 Å². The minimum absolute atomic E-state index is 0.0305. The molecule has 1 amide bonds. The van der Waals surface area contributed by atoms with Crippen molar-refractivity contribution < 1.29 is 35.9 Å². The number of halogens is 10. The number of Topliss-reactive ketones (excluding diaryl/α,β-unsaturated/α-hetero) is 1. The molecule has 2 aromatic rings. The van der Waals surface area contributed by atoms with Crippen LogP contribution in [-0.2, 0) is 4.79 Å². The highest BCUT2D eigenvalue weighted by Crippen LogP contribution is 2.41. The largest absolute Gasteiger partial charge is 0.399 e. The second kappa shape index (κ2) is 12.7. The third-order valence-corrected chi connectivity index (χ3v) is 6.55. The van der Waals surface area contributed by atoms with Gasteiger partial charge in [0.25, 0.3) is 5.91 Å². The molecule has 0 fully saturated rings. The first kappa shape index (κ1) is 31.3. The Hall–Kier alpha value is -1.94. The number of carbonyl (C=O) groups is 2. The molecule has 0 saturated carbocycles. The lowest BCUT2D eigenvalue weighted by molar-refractivity contribution is -0.143. The zero-order valence-corrected chi connectivity index (χ0v) is 21.9. The van der Waals surface area contributed by atoms with E-state index in [1.165, 1.54) is 25.1 Å². The van der Waals surface area contributed by atoms with Gasteiger partial charge in [0, 0.05) is 18.9 Å². The van der Waals surface area contributed by atoms with Gasteiger partial charge in [-0.1, -0.05) is 64.6 Å². The molecule has 2 rings (SSSR count). The van der Waals surface area contributed by atoms with E-state index in [1.54, 1.807) is 0 Å². The summed E-state index contributed by atoms with van der Waals surface area (Å²) in [5.74, 6) is -3.44. The Morgan fingerprint density at radius 3 is 2.05 bits per heavy atom. The molecule has 0 aliphatic heterocycles. The van der Waals surface area contributed by atoms with E-state index >= 15 is 0 Å². The van der Waals surface area contributed by atoms with Gasteiger partial charge in [0.1, 0.15) is 5.78 Å². The summed E-state index contributed by atoms with van der Waals surface area (Å²) in [4.78, 5) is 24.2. The maximum Gasteiger partial charge on any atom is 0.399 e. The van der Waals surface area contributed by atoms with Crippen LogP contribution < -0.4 is 5.32 Å². The molecule has 0 heterocycles. The summed E-state index contributed by atoms with van der Waals surface area (Å²) in [6.45, 7) is 1.45. The molecule has 0 radical (unpaired) electrons. The fraction of sp³-hybridized carbons (Fsp3) is 0.333. The van der Waals surface area contributed by atoms with Gasteiger partial charge in [0.15, 0.2) is 0 Å². The molecule has 0 bridgehead atoms. The second-order valence-electron chi connectivity index (χ2n) is 8.15. The van der Waals surface area contributed by atoms with Gasteiger partial charge in [-0.05, 0) is 42.3 Å². The molecule has 1 N–H and O–H groups in total. The SMILES string of the molecule is C[C@H](CC(=O)CCC(F)(F)F)NC(=O)c1ccc(/C=C/C(c2cc(Cl)c(Cl)c(Cl)c2)C(F)(F)F)cc1Cl. The third kappa shape index (κ3) is 9.71.